The quantitative estimate of drug-likeness (QED) is 0.298. The monoisotopic (exact) mass is 459 g/mol. The van der Waals surface area contributed by atoms with Crippen LogP contribution in [0.2, 0.25) is 0 Å². The summed E-state index contributed by atoms with van der Waals surface area (Å²) in [5, 5.41) is 1.17. The Hall–Kier alpha value is -1.86. The molecule has 0 atom stereocenters. The number of Topliss-reactive ketones (excluding diaryl/α,β-unsaturated/α-hetero) is 1. The molecule has 0 spiro atoms. The Balaban J connectivity index is 1.62. The Kier molecular flexibility index (Phi) is 5.22. The number of aryl methyl sites for hydroxylation is 1. The third-order valence-corrected chi connectivity index (χ3v) is 6.70. The van der Waals surface area contributed by atoms with E-state index in [9.17, 15) is 9.59 Å². The minimum absolute atomic E-state index is 0.0735. The van der Waals surface area contributed by atoms with Crippen molar-refractivity contribution in [3.63, 3.8) is 0 Å². The van der Waals surface area contributed by atoms with Gasteiger partial charge in [0.25, 0.3) is 5.56 Å². The van der Waals surface area contributed by atoms with Crippen molar-refractivity contribution in [2.24, 2.45) is 0 Å². The lowest BCUT2D eigenvalue weighted by Crippen LogP contribution is -2.23. The van der Waals surface area contributed by atoms with Gasteiger partial charge >= 0.3 is 0 Å². The van der Waals surface area contributed by atoms with Crippen LogP contribution in [0.25, 0.3) is 10.9 Å². The van der Waals surface area contributed by atoms with Crippen molar-refractivity contribution in [1.82, 2.24) is 14.1 Å². The highest BCUT2D eigenvalue weighted by atomic mass is 79.9. The molecule has 5 nitrogen and oxygen atoms in total. The lowest BCUT2D eigenvalue weighted by atomic mass is 10.2. The summed E-state index contributed by atoms with van der Waals surface area (Å²) >= 11 is 4.75. The molecule has 28 heavy (non-hydrogen) atoms. The molecule has 0 bridgehead atoms. The molecular weight excluding hydrogens is 438 g/mol. The summed E-state index contributed by atoms with van der Waals surface area (Å²) in [5.41, 5.74) is 3.56. The Morgan fingerprint density at radius 3 is 2.71 bits per heavy atom. The van der Waals surface area contributed by atoms with Gasteiger partial charge in [0.1, 0.15) is 0 Å². The van der Waals surface area contributed by atoms with Crippen molar-refractivity contribution in [2.45, 2.75) is 51.4 Å². The van der Waals surface area contributed by atoms with Crippen molar-refractivity contribution in [3.05, 3.63) is 56.0 Å². The number of benzene rings is 1. The van der Waals surface area contributed by atoms with Gasteiger partial charge in [0.05, 0.1) is 16.7 Å². The molecule has 1 aliphatic carbocycles. The number of hydrogen-bond donors (Lipinski definition) is 0. The van der Waals surface area contributed by atoms with E-state index in [-0.39, 0.29) is 17.1 Å². The molecule has 0 amide bonds. The predicted octanol–water partition coefficient (Wildman–Crippen LogP) is 4.91. The van der Waals surface area contributed by atoms with E-state index < -0.39 is 0 Å². The topological polar surface area (TPSA) is 56.9 Å². The van der Waals surface area contributed by atoms with Gasteiger partial charge in [-0.25, -0.2) is 4.98 Å². The molecule has 1 aromatic carbocycles. The number of thioether (sulfide) groups is 1. The molecule has 1 fully saturated rings. The third kappa shape index (κ3) is 3.46. The van der Waals surface area contributed by atoms with E-state index in [1.165, 1.54) is 24.6 Å². The zero-order chi connectivity index (χ0) is 20.0. The summed E-state index contributed by atoms with van der Waals surface area (Å²) in [4.78, 5) is 30.4. The van der Waals surface area contributed by atoms with Crippen molar-refractivity contribution in [2.75, 3.05) is 5.75 Å². The van der Waals surface area contributed by atoms with Crippen molar-refractivity contribution in [3.8, 4) is 0 Å². The third-order valence-electron chi connectivity index (χ3n) is 5.23. The maximum atomic E-state index is 12.9. The predicted molar refractivity (Wildman–Crippen MR) is 117 cm³/mol. The lowest BCUT2D eigenvalue weighted by molar-refractivity contribution is 0.102. The van der Waals surface area contributed by atoms with E-state index in [0.717, 1.165) is 21.4 Å². The van der Waals surface area contributed by atoms with Crippen LogP contribution in [0.3, 0.4) is 0 Å². The first kappa shape index (κ1) is 19.5. The molecule has 1 saturated carbocycles. The molecule has 2 aromatic heterocycles. The van der Waals surface area contributed by atoms with Gasteiger partial charge in [-0.3, -0.25) is 14.2 Å². The van der Waals surface area contributed by atoms with Gasteiger partial charge in [-0.05, 0) is 57.9 Å². The average molecular weight is 460 g/mol. The molecule has 0 N–H and O–H groups in total. The van der Waals surface area contributed by atoms with Gasteiger partial charge in [-0.2, -0.15) is 0 Å². The van der Waals surface area contributed by atoms with Crippen LogP contribution < -0.4 is 5.56 Å². The number of rotatable bonds is 6. The highest BCUT2D eigenvalue weighted by Gasteiger charge is 2.28. The number of fused-ring (bicyclic) bond motifs is 1. The summed E-state index contributed by atoms with van der Waals surface area (Å²) < 4.78 is 4.77. The zero-order valence-corrected chi connectivity index (χ0v) is 18.6. The Morgan fingerprint density at radius 1 is 1.29 bits per heavy atom. The second-order valence-corrected chi connectivity index (χ2v) is 9.06. The molecule has 0 unspecified atom stereocenters. The van der Waals surface area contributed by atoms with E-state index in [0.29, 0.717) is 28.6 Å². The Bertz CT molecular complexity index is 1140. The fourth-order valence-corrected chi connectivity index (χ4v) is 5.03. The minimum atomic E-state index is -0.0735. The summed E-state index contributed by atoms with van der Waals surface area (Å²) in [5.74, 6) is 0.349. The van der Waals surface area contributed by atoms with Crippen LogP contribution in [0.1, 0.15) is 47.6 Å². The van der Waals surface area contributed by atoms with Gasteiger partial charge in [0.15, 0.2) is 10.9 Å². The van der Waals surface area contributed by atoms with Crippen molar-refractivity contribution >= 4 is 44.4 Å². The van der Waals surface area contributed by atoms with Crippen LogP contribution in [0, 0.1) is 13.8 Å². The first-order chi connectivity index (χ1) is 13.4. The van der Waals surface area contributed by atoms with Crippen LogP contribution in [0.5, 0.6) is 0 Å². The van der Waals surface area contributed by atoms with Gasteiger partial charge in [-0.15, -0.1) is 0 Å². The SMILES string of the molecule is CCn1c(SCC(=O)c2cc(C)n(C3CC3)c2C)nc2ccc(Br)cc2c1=O. The fraction of sp³-hybridized carbons (Fsp3) is 0.381. The molecule has 3 aromatic rings. The molecule has 146 valence electrons. The minimum Gasteiger partial charge on any atom is -0.345 e. The molecular formula is C21H22BrN3O2S. The Morgan fingerprint density at radius 2 is 2.04 bits per heavy atom. The fourth-order valence-electron chi connectivity index (χ4n) is 3.72. The van der Waals surface area contributed by atoms with E-state index >= 15 is 0 Å². The Labute approximate surface area is 176 Å². The maximum Gasteiger partial charge on any atom is 0.262 e. The van der Waals surface area contributed by atoms with Gasteiger partial charge in [0.2, 0.25) is 0 Å². The van der Waals surface area contributed by atoms with Crippen molar-refractivity contribution in [1.29, 1.82) is 0 Å². The number of hydrogen-bond acceptors (Lipinski definition) is 4. The van der Waals surface area contributed by atoms with Gasteiger partial charge in [-0.1, -0.05) is 27.7 Å². The number of halogens is 1. The highest BCUT2D eigenvalue weighted by Crippen LogP contribution is 2.38. The first-order valence-electron chi connectivity index (χ1n) is 9.45. The summed E-state index contributed by atoms with van der Waals surface area (Å²) in [7, 11) is 0. The molecule has 7 heteroatoms. The molecule has 4 rings (SSSR count). The average Bonchev–Trinajstić information content (AvgIpc) is 3.45. The number of carbonyl (C=O) groups is 1. The summed E-state index contributed by atoms with van der Waals surface area (Å²) in [6, 6.07) is 8.05. The number of nitrogens with zero attached hydrogens (tertiary/aromatic N) is 3. The van der Waals surface area contributed by atoms with Gasteiger partial charge in [0, 0.05) is 34.0 Å². The molecule has 0 aliphatic heterocycles. The summed E-state index contributed by atoms with van der Waals surface area (Å²) in [6.07, 6.45) is 2.39. The van der Waals surface area contributed by atoms with E-state index in [1.54, 1.807) is 10.6 Å². The van der Waals surface area contributed by atoms with Crippen LogP contribution >= 0.6 is 27.7 Å². The van der Waals surface area contributed by atoms with Crippen LogP contribution in [-0.4, -0.2) is 25.7 Å². The largest absolute Gasteiger partial charge is 0.345 e. The standard InChI is InChI=1S/C21H22BrN3O2S/c1-4-24-20(27)17-10-14(22)5-8-18(17)23-21(24)28-11-19(26)16-9-12(2)25(13(16)3)15-6-7-15/h5,8-10,15H,4,6-7,11H2,1-3H3. The van der Waals surface area contributed by atoms with Crippen molar-refractivity contribution < 1.29 is 4.79 Å². The number of ketones is 1. The first-order valence-corrected chi connectivity index (χ1v) is 11.2. The zero-order valence-electron chi connectivity index (χ0n) is 16.2. The van der Waals surface area contributed by atoms with Crippen LogP contribution in [-0.2, 0) is 6.54 Å². The summed E-state index contributed by atoms with van der Waals surface area (Å²) in [6.45, 7) is 6.52. The molecule has 2 heterocycles. The molecule has 0 radical (unpaired) electrons. The highest BCUT2D eigenvalue weighted by molar-refractivity contribution is 9.10. The molecule has 1 aliphatic rings. The second-order valence-electron chi connectivity index (χ2n) is 7.20. The van der Waals surface area contributed by atoms with E-state index in [1.807, 2.05) is 32.0 Å². The van der Waals surface area contributed by atoms with E-state index in [2.05, 4.69) is 32.4 Å². The number of aromatic nitrogens is 3. The van der Waals surface area contributed by atoms with Gasteiger partial charge < -0.3 is 4.57 Å². The maximum absolute atomic E-state index is 12.9. The van der Waals surface area contributed by atoms with E-state index in [4.69, 9.17) is 0 Å². The molecule has 0 saturated heterocycles. The normalized spacial score (nSPS) is 14.0. The number of carbonyl (C=O) groups excluding carboxylic acids is 1. The lowest BCUT2D eigenvalue weighted by Gasteiger charge is -2.11. The second kappa shape index (κ2) is 7.52. The van der Waals surface area contributed by atoms with Crippen LogP contribution in [0.15, 0.2) is 38.7 Å². The van der Waals surface area contributed by atoms with Crippen LogP contribution in [0.4, 0.5) is 0 Å². The smallest absolute Gasteiger partial charge is 0.262 e.